The van der Waals surface area contributed by atoms with Crippen molar-refractivity contribution in [1.29, 1.82) is 0 Å². The molecule has 0 radical (unpaired) electrons. The van der Waals surface area contributed by atoms with E-state index in [-0.39, 0.29) is 5.75 Å². The lowest BCUT2D eigenvalue weighted by Gasteiger charge is -2.07. The van der Waals surface area contributed by atoms with Crippen LogP contribution < -0.4 is 4.74 Å². The van der Waals surface area contributed by atoms with Crippen molar-refractivity contribution >= 4 is 39.2 Å². The number of hydrogen-bond donors (Lipinski definition) is 1. The summed E-state index contributed by atoms with van der Waals surface area (Å²) in [5.41, 5.74) is 1.68. The Morgan fingerprint density at radius 1 is 1.19 bits per heavy atom. The van der Waals surface area contributed by atoms with Crippen molar-refractivity contribution in [1.82, 2.24) is 9.55 Å². The molecule has 3 aromatic rings. The summed E-state index contributed by atoms with van der Waals surface area (Å²) in [6.07, 6.45) is 0. The number of nitrogens with one attached hydrogen (secondary N) is 1. The van der Waals surface area contributed by atoms with Gasteiger partial charge in [0.1, 0.15) is 5.82 Å². The summed E-state index contributed by atoms with van der Waals surface area (Å²) < 4.78 is 34.7. The molecular formula is C14H9BrF2N2OS. The average Bonchev–Trinajstić information content (AvgIpc) is 2.74. The molecule has 0 unspecified atom stereocenters. The van der Waals surface area contributed by atoms with Gasteiger partial charge in [-0.2, -0.15) is 0 Å². The van der Waals surface area contributed by atoms with Crippen LogP contribution in [0.1, 0.15) is 0 Å². The van der Waals surface area contributed by atoms with Crippen molar-refractivity contribution < 1.29 is 13.5 Å². The first-order valence-electron chi connectivity index (χ1n) is 5.95. The van der Waals surface area contributed by atoms with Crippen molar-refractivity contribution in [3.05, 3.63) is 51.2 Å². The van der Waals surface area contributed by atoms with Crippen LogP contribution in [0.2, 0.25) is 0 Å². The lowest BCUT2D eigenvalue weighted by atomic mass is 10.2. The van der Waals surface area contributed by atoms with E-state index in [4.69, 9.17) is 17.0 Å². The number of imidazole rings is 1. The van der Waals surface area contributed by atoms with Gasteiger partial charge in [0.05, 0.1) is 28.3 Å². The van der Waals surface area contributed by atoms with Crippen LogP contribution in [0.15, 0.2) is 34.8 Å². The lowest BCUT2D eigenvalue weighted by Crippen LogP contribution is -1.97. The molecule has 1 N–H and O–H groups in total. The Balaban J connectivity index is 2.29. The summed E-state index contributed by atoms with van der Waals surface area (Å²) in [5.74, 6) is -0.790. The van der Waals surface area contributed by atoms with Gasteiger partial charge in [-0.15, -0.1) is 0 Å². The minimum atomic E-state index is -0.510. The molecule has 0 aliphatic rings. The fraction of sp³-hybridized carbons (Fsp3) is 0.0714. The number of methoxy groups -OCH3 is 1. The van der Waals surface area contributed by atoms with Crippen LogP contribution in [0.5, 0.6) is 5.75 Å². The molecular weight excluding hydrogens is 362 g/mol. The van der Waals surface area contributed by atoms with E-state index in [0.717, 1.165) is 0 Å². The second kappa shape index (κ2) is 5.23. The van der Waals surface area contributed by atoms with Crippen molar-refractivity contribution in [2.24, 2.45) is 0 Å². The quantitative estimate of drug-likeness (QED) is 0.660. The molecule has 0 saturated heterocycles. The normalized spacial score (nSPS) is 11.0. The third kappa shape index (κ3) is 2.36. The predicted octanol–water partition coefficient (Wildman–Crippen LogP) is 4.74. The maximum atomic E-state index is 13.9. The zero-order chi connectivity index (χ0) is 15.1. The molecule has 0 aliphatic heterocycles. The molecule has 0 saturated carbocycles. The molecule has 1 aromatic heterocycles. The highest BCUT2D eigenvalue weighted by atomic mass is 79.9. The van der Waals surface area contributed by atoms with Gasteiger partial charge in [-0.1, -0.05) is 0 Å². The zero-order valence-electron chi connectivity index (χ0n) is 10.8. The van der Waals surface area contributed by atoms with Gasteiger partial charge >= 0.3 is 0 Å². The number of ether oxygens (including phenoxy) is 1. The molecule has 0 spiro atoms. The standard InChI is InChI=1S/C14H9BrF2N2OS/c1-20-13-3-2-7(4-10(13)17)19-12-6-9(16)8(15)5-11(12)18-14(19)21/h2-6H,1H3,(H,18,21). The molecule has 21 heavy (non-hydrogen) atoms. The van der Waals surface area contributed by atoms with Gasteiger partial charge in [-0.25, -0.2) is 8.78 Å². The number of fused-ring (bicyclic) bond motifs is 1. The summed E-state index contributed by atoms with van der Waals surface area (Å²) in [4.78, 5) is 2.97. The lowest BCUT2D eigenvalue weighted by molar-refractivity contribution is 0.386. The summed E-state index contributed by atoms with van der Waals surface area (Å²) >= 11 is 8.36. The molecule has 7 heteroatoms. The Morgan fingerprint density at radius 2 is 1.95 bits per heavy atom. The maximum absolute atomic E-state index is 13.9. The van der Waals surface area contributed by atoms with Gasteiger partial charge in [0.2, 0.25) is 0 Å². The van der Waals surface area contributed by atoms with Gasteiger partial charge in [-0.3, -0.25) is 4.57 Å². The third-order valence-electron chi connectivity index (χ3n) is 3.12. The van der Waals surface area contributed by atoms with Gasteiger partial charge in [0, 0.05) is 12.1 Å². The number of H-pyrrole nitrogens is 1. The summed E-state index contributed by atoms with van der Waals surface area (Å²) in [7, 11) is 1.39. The molecule has 0 atom stereocenters. The Bertz CT molecular complexity index is 904. The van der Waals surface area contributed by atoms with Crippen molar-refractivity contribution in [3.8, 4) is 11.4 Å². The molecule has 3 nitrogen and oxygen atoms in total. The number of halogens is 3. The van der Waals surface area contributed by atoms with E-state index < -0.39 is 11.6 Å². The first-order valence-corrected chi connectivity index (χ1v) is 7.15. The van der Waals surface area contributed by atoms with Gasteiger partial charge in [0.25, 0.3) is 0 Å². The molecule has 0 amide bonds. The number of aromatic nitrogens is 2. The smallest absolute Gasteiger partial charge is 0.182 e. The van der Waals surface area contributed by atoms with E-state index in [1.54, 1.807) is 16.7 Å². The molecule has 108 valence electrons. The number of benzene rings is 2. The van der Waals surface area contributed by atoms with E-state index in [1.165, 1.54) is 25.3 Å². The number of nitrogens with zero attached hydrogens (tertiary/aromatic N) is 1. The Hall–Kier alpha value is -1.73. The number of rotatable bonds is 2. The monoisotopic (exact) mass is 370 g/mol. The van der Waals surface area contributed by atoms with Crippen LogP contribution in [-0.2, 0) is 0 Å². The van der Waals surface area contributed by atoms with Crippen molar-refractivity contribution in [3.63, 3.8) is 0 Å². The fourth-order valence-corrected chi connectivity index (χ4v) is 2.81. The van der Waals surface area contributed by atoms with Crippen LogP contribution in [0.25, 0.3) is 16.7 Å². The number of hydrogen-bond acceptors (Lipinski definition) is 2. The fourth-order valence-electron chi connectivity index (χ4n) is 2.15. The second-order valence-corrected chi connectivity index (χ2v) is 5.61. The summed E-state index contributed by atoms with van der Waals surface area (Å²) in [6, 6.07) is 7.39. The van der Waals surface area contributed by atoms with Crippen molar-refractivity contribution in [2.75, 3.05) is 7.11 Å². The Morgan fingerprint density at radius 3 is 2.62 bits per heavy atom. The third-order valence-corrected chi connectivity index (χ3v) is 4.01. The van der Waals surface area contributed by atoms with E-state index in [0.29, 0.717) is 26.0 Å². The van der Waals surface area contributed by atoms with E-state index in [9.17, 15) is 8.78 Å². The van der Waals surface area contributed by atoms with Crippen LogP contribution >= 0.6 is 28.1 Å². The predicted molar refractivity (Wildman–Crippen MR) is 82.6 cm³/mol. The minimum Gasteiger partial charge on any atom is -0.494 e. The first-order chi connectivity index (χ1) is 10.0. The summed E-state index contributed by atoms with van der Waals surface area (Å²) in [5, 5.41) is 0. The average molecular weight is 371 g/mol. The van der Waals surface area contributed by atoms with Crippen LogP contribution in [0.3, 0.4) is 0 Å². The maximum Gasteiger partial charge on any atom is 0.182 e. The molecule has 3 rings (SSSR count). The van der Waals surface area contributed by atoms with E-state index in [1.807, 2.05) is 0 Å². The molecule has 0 bridgehead atoms. The molecule has 1 heterocycles. The highest BCUT2D eigenvalue weighted by Gasteiger charge is 2.12. The van der Waals surface area contributed by atoms with Gasteiger partial charge in [0.15, 0.2) is 16.3 Å². The largest absolute Gasteiger partial charge is 0.494 e. The van der Waals surface area contributed by atoms with Crippen LogP contribution in [-0.4, -0.2) is 16.7 Å². The first kappa shape index (κ1) is 14.2. The number of aromatic amines is 1. The Labute approximate surface area is 132 Å². The highest BCUT2D eigenvalue weighted by molar-refractivity contribution is 9.10. The van der Waals surface area contributed by atoms with Gasteiger partial charge in [-0.05, 0) is 46.3 Å². The minimum absolute atomic E-state index is 0.138. The van der Waals surface area contributed by atoms with Gasteiger partial charge < -0.3 is 9.72 Å². The molecule has 0 aliphatic carbocycles. The topological polar surface area (TPSA) is 29.9 Å². The summed E-state index contributed by atoms with van der Waals surface area (Å²) in [6.45, 7) is 0. The second-order valence-electron chi connectivity index (χ2n) is 4.37. The van der Waals surface area contributed by atoms with E-state index >= 15 is 0 Å². The van der Waals surface area contributed by atoms with Crippen LogP contribution in [0, 0.1) is 16.4 Å². The Kier molecular flexibility index (Phi) is 3.54. The SMILES string of the molecule is COc1ccc(-n2c(=S)[nH]c3cc(Br)c(F)cc32)cc1F. The molecule has 0 fully saturated rings. The zero-order valence-corrected chi connectivity index (χ0v) is 13.2. The molecule has 2 aromatic carbocycles. The highest BCUT2D eigenvalue weighted by Crippen LogP contribution is 2.27. The van der Waals surface area contributed by atoms with Crippen LogP contribution in [0.4, 0.5) is 8.78 Å². The van der Waals surface area contributed by atoms with E-state index in [2.05, 4.69) is 20.9 Å². The van der Waals surface area contributed by atoms with Crippen molar-refractivity contribution in [2.45, 2.75) is 0 Å².